The lowest BCUT2D eigenvalue weighted by atomic mass is 10.1. The first-order chi connectivity index (χ1) is 11.9. The molecule has 0 aliphatic carbocycles. The van der Waals surface area contributed by atoms with E-state index in [0.717, 1.165) is 0 Å². The zero-order valence-electron chi connectivity index (χ0n) is 12.8. The Morgan fingerprint density at radius 1 is 1.20 bits per heavy atom. The Hall–Kier alpha value is -3.30. The Morgan fingerprint density at radius 2 is 1.92 bits per heavy atom. The SMILES string of the molecule is N#Cc1cccc(Cl)c1COc1cccc(C(=O)/C=C(/O)C(=O)O)c1. The van der Waals surface area contributed by atoms with Crippen LogP contribution < -0.4 is 4.74 Å². The second-order valence-electron chi connectivity index (χ2n) is 4.89. The third-order valence-corrected chi connectivity index (χ3v) is 3.58. The van der Waals surface area contributed by atoms with Gasteiger partial charge in [-0.1, -0.05) is 29.8 Å². The maximum absolute atomic E-state index is 11.9. The lowest BCUT2D eigenvalue weighted by Crippen LogP contribution is -2.04. The number of benzene rings is 2. The second-order valence-corrected chi connectivity index (χ2v) is 5.30. The van der Waals surface area contributed by atoms with Crippen molar-refractivity contribution in [3.05, 3.63) is 76.0 Å². The van der Waals surface area contributed by atoms with Gasteiger partial charge in [-0.25, -0.2) is 4.79 Å². The molecule has 126 valence electrons. The molecule has 0 saturated heterocycles. The number of ether oxygens (including phenoxy) is 1. The minimum atomic E-state index is -1.59. The number of aliphatic carboxylic acids is 1. The van der Waals surface area contributed by atoms with Crippen LogP contribution in [0.4, 0.5) is 0 Å². The van der Waals surface area contributed by atoms with Gasteiger partial charge in [0.1, 0.15) is 12.4 Å². The van der Waals surface area contributed by atoms with E-state index in [0.29, 0.717) is 28.0 Å². The number of carbonyl (C=O) groups excluding carboxylic acids is 1. The number of hydrogen-bond donors (Lipinski definition) is 2. The van der Waals surface area contributed by atoms with Gasteiger partial charge in [0.25, 0.3) is 0 Å². The van der Waals surface area contributed by atoms with Crippen LogP contribution in [0.25, 0.3) is 0 Å². The van der Waals surface area contributed by atoms with Crippen molar-refractivity contribution in [3.8, 4) is 11.8 Å². The number of rotatable bonds is 6. The molecule has 0 bridgehead atoms. The van der Waals surface area contributed by atoms with Gasteiger partial charge >= 0.3 is 5.97 Å². The van der Waals surface area contributed by atoms with E-state index < -0.39 is 17.5 Å². The predicted molar refractivity (Wildman–Crippen MR) is 89.6 cm³/mol. The molecule has 2 rings (SSSR count). The van der Waals surface area contributed by atoms with E-state index in [9.17, 15) is 9.59 Å². The average molecular weight is 358 g/mol. The van der Waals surface area contributed by atoms with E-state index in [1.165, 1.54) is 12.1 Å². The first kappa shape index (κ1) is 18.0. The molecule has 6 nitrogen and oxygen atoms in total. The highest BCUT2D eigenvalue weighted by molar-refractivity contribution is 6.31. The lowest BCUT2D eigenvalue weighted by Gasteiger charge is -2.10. The van der Waals surface area contributed by atoms with Crippen LogP contribution in [0.15, 0.2) is 54.3 Å². The fraction of sp³-hybridized carbons (Fsp3) is 0.0556. The summed E-state index contributed by atoms with van der Waals surface area (Å²) in [5.41, 5.74) is 1.05. The Kier molecular flexibility index (Phi) is 5.77. The van der Waals surface area contributed by atoms with Crippen molar-refractivity contribution in [1.82, 2.24) is 0 Å². The Bertz CT molecular complexity index is 899. The van der Waals surface area contributed by atoms with E-state index in [-0.39, 0.29) is 12.2 Å². The largest absolute Gasteiger partial charge is 0.502 e. The summed E-state index contributed by atoms with van der Waals surface area (Å²) in [6, 6.07) is 12.9. The van der Waals surface area contributed by atoms with Gasteiger partial charge in [-0.15, -0.1) is 0 Å². The molecule has 2 aromatic carbocycles. The molecule has 0 aromatic heterocycles. The number of aliphatic hydroxyl groups is 1. The van der Waals surface area contributed by atoms with Gasteiger partial charge in [0.2, 0.25) is 5.76 Å². The molecule has 0 unspecified atom stereocenters. The van der Waals surface area contributed by atoms with Crippen molar-refractivity contribution in [3.63, 3.8) is 0 Å². The number of aliphatic hydroxyl groups excluding tert-OH is 1. The molecule has 0 fully saturated rings. The number of nitriles is 1. The number of carboxylic acid groups (broad SMARTS) is 1. The molecule has 0 aliphatic heterocycles. The maximum atomic E-state index is 11.9. The van der Waals surface area contributed by atoms with Crippen LogP contribution in [-0.4, -0.2) is 22.0 Å². The van der Waals surface area contributed by atoms with Crippen molar-refractivity contribution >= 4 is 23.4 Å². The van der Waals surface area contributed by atoms with Crippen LogP contribution >= 0.6 is 11.6 Å². The summed E-state index contributed by atoms with van der Waals surface area (Å²) in [5, 5.41) is 27.2. The number of hydrogen-bond acceptors (Lipinski definition) is 5. The molecule has 2 aromatic rings. The number of allylic oxidation sites excluding steroid dienone is 1. The molecule has 0 saturated carbocycles. The monoisotopic (exact) mass is 357 g/mol. The van der Waals surface area contributed by atoms with E-state index in [2.05, 4.69) is 0 Å². The van der Waals surface area contributed by atoms with Crippen LogP contribution in [0.2, 0.25) is 5.02 Å². The molecule has 7 heteroatoms. The van der Waals surface area contributed by atoms with Crippen LogP contribution in [-0.2, 0) is 11.4 Å². The lowest BCUT2D eigenvalue weighted by molar-refractivity contribution is -0.135. The molecular weight excluding hydrogens is 346 g/mol. The Morgan fingerprint density at radius 3 is 2.60 bits per heavy atom. The highest BCUT2D eigenvalue weighted by Gasteiger charge is 2.11. The fourth-order valence-electron chi connectivity index (χ4n) is 1.97. The molecule has 0 radical (unpaired) electrons. The van der Waals surface area contributed by atoms with Gasteiger partial charge in [0.15, 0.2) is 5.78 Å². The molecule has 25 heavy (non-hydrogen) atoms. The fourth-order valence-corrected chi connectivity index (χ4v) is 2.20. The molecule has 0 spiro atoms. The summed E-state index contributed by atoms with van der Waals surface area (Å²) >= 11 is 6.07. The molecule has 0 aliphatic rings. The van der Waals surface area contributed by atoms with Crippen LogP contribution in [0.3, 0.4) is 0 Å². The second kappa shape index (κ2) is 7.99. The zero-order chi connectivity index (χ0) is 18.4. The van der Waals surface area contributed by atoms with E-state index >= 15 is 0 Å². The van der Waals surface area contributed by atoms with Gasteiger partial charge in [-0.2, -0.15) is 5.26 Å². The molecule has 2 N–H and O–H groups in total. The minimum absolute atomic E-state index is 0.0242. The molecule has 0 amide bonds. The summed E-state index contributed by atoms with van der Waals surface area (Å²) in [6.45, 7) is 0.0242. The summed E-state index contributed by atoms with van der Waals surface area (Å²) < 4.78 is 5.57. The quantitative estimate of drug-likeness (QED) is 0.465. The number of nitrogens with zero attached hydrogens (tertiary/aromatic N) is 1. The third kappa shape index (κ3) is 4.59. The number of carbonyl (C=O) groups is 2. The van der Waals surface area contributed by atoms with E-state index in [4.69, 9.17) is 31.8 Å². The van der Waals surface area contributed by atoms with Crippen molar-refractivity contribution in [2.24, 2.45) is 0 Å². The molecule has 0 atom stereocenters. The average Bonchev–Trinajstić information content (AvgIpc) is 2.60. The van der Waals surface area contributed by atoms with Crippen molar-refractivity contribution in [1.29, 1.82) is 5.26 Å². The Balaban J connectivity index is 2.18. The summed E-state index contributed by atoms with van der Waals surface area (Å²) in [7, 11) is 0. The van der Waals surface area contributed by atoms with Crippen LogP contribution in [0.5, 0.6) is 5.75 Å². The highest BCUT2D eigenvalue weighted by atomic mass is 35.5. The van der Waals surface area contributed by atoms with Crippen LogP contribution in [0.1, 0.15) is 21.5 Å². The van der Waals surface area contributed by atoms with Gasteiger partial charge in [-0.05, 0) is 24.3 Å². The number of ketones is 1. The minimum Gasteiger partial charge on any atom is -0.502 e. The normalized spacial score (nSPS) is 10.8. The predicted octanol–water partition coefficient (Wildman–Crippen LogP) is 3.50. The number of halogens is 1. The first-order valence-electron chi connectivity index (χ1n) is 7.01. The molecule has 0 heterocycles. The van der Waals surface area contributed by atoms with Gasteiger partial charge < -0.3 is 14.9 Å². The highest BCUT2D eigenvalue weighted by Crippen LogP contribution is 2.22. The van der Waals surface area contributed by atoms with Gasteiger partial charge in [0, 0.05) is 22.2 Å². The summed E-state index contributed by atoms with van der Waals surface area (Å²) in [5.74, 6) is -2.99. The standard InChI is InChI=1S/C18H12ClNO5/c19-15-6-2-4-12(9-20)14(15)10-25-13-5-1-3-11(7-13)16(21)8-17(22)18(23)24/h1-8,22H,10H2,(H,23,24)/b17-8+. The smallest absolute Gasteiger partial charge is 0.371 e. The zero-order valence-corrected chi connectivity index (χ0v) is 13.5. The number of carboxylic acids is 1. The van der Waals surface area contributed by atoms with Crippen molar-refractivity contribution in [2.75, 3.05) is 0 Å². The third-order valence-electron chi connectivity index (χ3n) is 3.23. The summed E-state index contributed by atoms with van der Waals surface area (Å²) in [4.78, 5) is 22.5. The van der Waals surface area contributed by atoms with Crippen LogP contribution in [0, 0.1) is 11.3 Å². The van der Waals surface area contributed by atoms with E-state index in [1.807, 2.05) is 6.07 Å². The van der Waals surface area contributed by atoms with E-state index in [1.54, 1.807) is 30.3 Å². The van der Waals surface area contributed by atoms with Crippen molar-refractivity contribution < 1.29 is 24.5 Å². The summed E-state index contributed by atoms with van der Waals surface area (Å²) in [6.07, 6.45) is 0.614. The topological polar surface area (TPSA) is 108 Å². The maximum Gasteiger partial charge on any atom is 0.371 e. The molecular formula is C18H12ClNO5. The Labute approximate surface area is 148 Å². The van der Waals surface area contributed by atoms with Gasteiger partial charge in [-0.3, -0.25) is 4.79 Å². The van der Waals surface area contributed by atoms with Crippen molar-refractivity contribution in [2.45, 2.75) is 6.61 Å². The van der Waals surface area contributed by atoms with Gasteiger partial charge in [0.05, 0.1) is 11.6 Å². The first-order valence-corrected chi connectivity index (χ1v) is 7.39.